The van der Waals surface area contributed by atoms with Crippen LogP contribution >= 0.6 is 23.2 Å². The van der Waals surface area contributed by atoms with Crippen molar-refractivity contribution in [3.63, 3.8) is 0 Å². The van der Waals surface area contributed by atoms with Crippen molar-refractivity contribution in [1.82, 2.24) is 5.32 Å². The average Bonchev–Trinajstić information content (AvgIpc) is 2.97. The molecule has 1 atom stereocenters. The number of anilines is 2. The molecular formula is C18H16Cl2N6O2. The van der Waals surface area contributed by atoms with Crippen molar-refractivity contribution in [3.05, 3.63) is 58.6 Å². The van der Waals surface area contributed by atoms with E-state index in [-0.39, 0.29) is 18.3 Å². The Morgan fingerprint density at radius 1 is 1.18 bits per heavy atom. The number of nitrogens with zero attached hydrogens (tertiary/aromatic N) is 2. The van der Waals surface area contributed by atoms with Crippen LogP contribution in [0.2, 0.25) is 10.0 Å². The smallest absolute Gasteiger partial charge is 0.252 e. The third-order valence-electron chi connectivity index (χ3n) is 3.67. The number of carbonyl (C=O) groups is 2. The van der Waals surface area contributed by atoms with Crippen molar-refractivity contribution in [1.29, 1.82) is 0 Å². The van der Waals surface area contributed by atoms with Crippen molar-refractivity contribution in [2.24, 2.45) is 15.7 Å². The average molecular weight is 419 g/mol. The fourth-order valence-electron chi connectivity index (χ4n) is 2.41. The lowest BCUT2D eigenvalue weighted by molar-refractivity contribution is -0.123. The summed E-state index contributed by atoms with van der Waals surface area (Å²) in [5.74, 6) is -0.794. The minimum Gasteiger partial charge on any atom is -0.369 e. The Labute approximate surface area is 170 Å². The van der Waals surface area contributed by atoms with Crippen LogP contribution < -0.4 is 21.7 Å². The Hall–Kier alpha value is -3.10. The molecule has 2 aromatic carbocycles. The lowest BCUT2D eigenvalue weighted by Crippen LogP contribution is -2.32. The van der Waals surface area contributed by atoms with Gasteiger partial charge in [-0.25, -0.2) is 4.99 Å². The Bertz CT molecular complexity index is 962. The van der Waals surface area contributed by atoms with E-state index in [1.54, 1.807) is 12.1 Å². The van der Waals surface area contributed by atoms with Crippen LogP contribution in [-0.2, 0) is 9.59 Å². The van der Waals surface area contributed by atoms with Crippen LogP contribution in [-0.4, -0.2) is 29.8 Å². The van der Waals surface area contributed by atoms with Crippen LogP contribution in [0.3, 0.4) is 0 Å². The van der Waals surface area contributed by atoms with Gasteiger partial charge in [-0.05, 0) is 30.3 Å². The maximum atomic E-state index is 12.2. The highest BCUT2D eigenvalue weighted by Gasteiger charge is 2.28. The predicted molar refractivity (Wildman–Crippen MR) is 111 cm³/mol. The van der Waals surface area contributed by atoms with Crippen LogP contribution in [0.5, 0.6) is 0 Å². The molecule has 0 fully saturated rings. The molecule has 0 spiro atoms. The topological polar surface area (TPSA) is 121 Å². The summed E-state index contributed by atoms with van der Waals surface area (Å²) in [5.41, 5.74) is 6.91. The summed E-state index contributed by atoms with van der Waals surface area (Å²) in [4.78, 5) is 32.4. The van der Waals surface area contributed by atoms with Gasteiger partial charge in [-0.2, -0.15) is 4.99 Å². The SMILES string of the molecule is NC(=NC1=N[C@@H](CC(=O)Nc2cc(Cl)ccc2Cl)C(=O)N1)Nc1ccccc1. The van der Waals surface area contributed by atoms with Gasteiger partial charge in [0.05, 0.1) is 17.1 Å². The molecular weight excluding hydrogens is 403 g/mol. The molecule has 28 heavy (non-hydrogen) atoms. The first kappa shape index (κ1) is 19.7. The van der Waals surface area contributed by atoms with E-state index in [9.17, 15) is 9.59 Å². The van der Waals surface area contributed by atoms with Crippen LogP contribution in [0, 0.1) is 0 Å². The van der Waals surface area contributed by atoms with Crippen LogP contribution in [0.1, 0.15) is 6.42 Å². The van der Waals surface area contributed by atoms with Gasteiger partial charge in [-0.1, -0.05) is 41.4 Å². The Morgan fingerprint density at radius 2 is 1.93 bits per heavy atom. The number of nitrogens with two attached hydrogens (primary N) is 1. The first-order valence-corrected chi connectivity index (χ1v) is 8.96. The molecule has 0 bridgehead atoms. The lowest BCUT2D eigenvalue weighted by Gasteiger charge is -2.08. The lowest BCUT2D eigenvalue weighted by atomic mass is 10.2. The van der Waals surface area contributed by atoms with Gasteiger partial charge in [0.25, 0.3) is 5.91 Å². The van der Waals surface area contributed by atoms with Crippen molar-refractivity contribution >= 4 is 58.3 Å². The van der Waals surface area contributed by atoms with E-state index < -0.39 is 17.9 Å². The van der Waals surface area contributed by atoms with E-state index in [1.165, 1.54) is 6.07 Å². The number of hydrogen-bond acceptors (Lipinski definition) is 4. The molecule has 2 aromatic rings. The molecule has 3 rings (SSSR count). The number of benzene rings is 2. The van der Waals surface area contributed by atoms with Crippen LogP contribution in [0.4, 0.5) is 11.4 Å². The van der Waals surface area contributed by atoms with Gasteiger partial charge in [0, 0.05) is 10.7 Å². The molecule has 0 saturated heterocycles. The maximum Gasteiger partial charge on any atom is 0.252 e. The first-order chi connectivity index (χ1) is 13.4. The second kappa shape index (κ2) is 8.73. The zero-order valence-electron chi connectivity index (χ0n) is 14.4. The molecule has 144 valence electrons. The fourth-order valence-corrected chi connectivity index (χ4v) is 2.75. The minimum atomic E-state index is -0.916. The van der Waals surface area contributed by atoms with E-state index in [0.717, 1.165) is 5.69 Å². The van der Waals surface area contributed by atoms with Crippen LogP contribution in [0.15, 0.2) is 58.5 Å². The van der Waals surface area contributed by atoms with E-state index in [1.807, 2.05) is 30.3 Å². The number of hydrogen-bond donors (Lipinski definition) is 4. The number of halogens is 2. The molecule has 2 amide bonds. The summed E-state index contributed by atoms with van der Waals surface area (Å²) in [5, 5.41) is 8.73. The Balaban J connectivity index is 1.62. The van der Waals surface area contributed by atoms with Crippen LogP contribution in [0.25, 0.3) is 0 Å². The molecule has 1 aliphatic heterocycles. The summed E-state index contributed by atoms with van der Waals surface area (Å²) in [6.45, 7) is 0. The van der Waals surface area contributed by atoms with Crippen molar-refractivity contribution in [3.8, 4) is 0 Å². The normalized spacial score (nSPS) is 16.4. The molecule has 0 saturated carbocycles. The van der Waals surface area contributed by atoms with Crippen molar-refractivity contribution < 1.29 is 9.59 Å². The van der Waals surface area contributed by atoms with Crippen molar-refractivity contribution in [2.45, 2.75) is 12.5 Å². The molecule has 0 radical (unpaired) electrons. The molecule has 0 aromatic heterocycles. The number of aliphatic imine (C=N–C) groups is 2. The van der Waals surface area contributed by atoms with Gasteiger partial charge in [0.2, 0.25) is 17.8 Å². The maximum absolute atomic E-state index is 12.2. The summed E-state index contributed by atoms with van der Waals surface area (Å²) in [6, 6.07) is 12.9. The highest BCUT2D eigenvalue weighted by molar-refractivity contribution is 6.35. The summed E-state index contributed by atoms with van der Waals surface area (Å²) >= 11 is 11.9. The van der Waals surface area contributed by atoms with Gasteiger partial charge in [-0.3, -0.25) is 14.9 Å². The fraction of sp³-hybridized carbons (Fsp3) is 0.111. The molecule has 1 aliphatic rings. The Morgan fingerprint density at radius 3 is 2.68 bits per heavy atom. The van der Waals surface area contributed by atoms with Gasteiger partial charge in [0.15, 0.2) is 0 Å². The number of carbonyl (C=O) groups excluding carboxylic acids is 2. The molecule has 0 unspecified atom stereocenters. The highest BCUT2D eigenvalue weighted by atomic mass is 35.5. The first-order valence-electron chi connectivity index (χ1n) is 8.20. The number of rotatable bonds is 4. The third-order valence-corrected chi connectivity index (χ3v) is 4.23. The molecule has 8 nitrogen and oxygen atoms in total. The number of guanidine groups is 2. The Kier molecular flexibility index (Phi) is 6.13. The number of amides is 2. The highest BCUT2D eigenvalue weighted by Crippen LogP contribution is 2.25. The standard InChI is InChI=1S/C18H16Cl2N6O2/c19-10-6-7-12(20)13(8-10)23-15(27)9-14-16(28)25-18(24-14)26-17(21)22-11-4-2-1-3-5-11/h1-8,14H,9H2,(H,23,27)(H4,21,22,24,25,26,28)/t14-/m0/s1. The number of nitrogens with one attached hydrogen (secondary N) is 3. The second-order valence-corrected chi connectivity index (χ2v) is 6.67. The molecule has 5 N–H and O–H groups in total. The van der Waals surface area contributed by atoms with Gasteiger partial charge in [-0.15, -0.1) is 0 Å². The van der Waals surface area contributed by atoms with Crippen molar-refractivity contribution in [2.75, 3.05) is 10.6 Å². The monoisotopic (exact) mass is 418 g/mol. The van der Waals surface area contributed by atoms with Gasteiger partial charge < -0.3 is 16.4 Å². The molecule has 1 heterocycles. The second-order valence-electron chi connectivity index (χ2n) is 5.82. The van der Waals surface area contributed by atoms with E-state index >= 15 is 0 Å². The summed E-state index contributed by atoms with van der Waals surface area (Å²) < 4.78 is 0. The van der Waals surface area contributed by atoms with E-state index in [2.05, 4.69) is 25.9 Å². The summed E-state index contributed by atoms with van der Waals surface area (Å²) in [6.07, 6.45) is -0.181. The largest absolute Gasteiger partial charge is 0.369 e. The molecule has 10 heteroatoms. The van der Waals surface area contributed by atoms with E-state index in [0.29, 0.717) is 15.7 Å². The zero-order chi connectivity index (χ0) is 20.1. The van der Waals surface area contributed by atoms with E-state index in [4.69, 9.17) is 28.9 Å². The quantitative estimate of drug-likeness (QED) is 0.450. The van der Waals surface area contributed by atoms with Gasteiger partial charge >= 0.3 is 0 Å². The minimum absolute atomic E-state index is 0.0320. The number of para-hydroxylation sites is 1. The van der Waals surface area contributed by atoms with Gasteiger partial charge in [0.1, 0.15) is 6.04 Å². The zero-order valence-corrected chi connectivity index (χ0v) is 16.0. The summed E-state index contributed by atoms with van der Waals surface area (Å²) in [7, 11) is 0. The molecule has 0 aliphatic carbocycles. The third kappa shape index (κ3) is 5.21. The predicted octanol–water partition coefficient (Wildman–Crippen LogP) is 2.60.